The monoisotopic (exact) mass is 280 g/mol. The average molecular weight is 280 g/mol. The van der Waals surface area contributed by atoms with Gasteiger partial charge in [-0.2, -0.15) is 0 Å². The summed E-state index contributed by atoms with van der Waals surface area (Å²) in [6, 6.07) is 0. The second kappa shape index (κ2) is 11.6. The summed E-state index contributed by atoms with van der Waals surface area (Å²) in [5.41, 5.74) is 2.54. The van der Waals surface area contributed by atoms with Crippen molar-refractivity contribution in [3.8, 4) is 0 Å². The molecule has 3 nitrogen and oxygen atoms in total. The van der Waals surface area contributed by atoms with E-state index < -0.39 is 0 Å². The maximum Gasteiger partial charge on any atom is 0.183 e. The summed E-state index contributed by atoms with van der Waals surface area (Å²) in [4.78, 5) is 0. The Morgan fingerprint density at radius 1 is 1.35 bits per heavy atom. The van der Waals surface area contributed by atoms with Crippen molar-refractivity contribution >= 4 is 0 Å². The highest BCUT2D eigenvalue weighted by Crippen LogP contribution is 2.26. The van der Waals surface area contributed by atoms with Crippen molar-refractivity contribution in [2.45, 2.75) is 46.5 Å². The summed E-state index contributed by atoms with van der Waals surface area (Å²) >= 11 is 0. The van der Waals surface area contributed by atoms with Gasteiger partial charge in [-0.25, -0.2) is 0 Å². The van der Waals surface area contributed by atoms with Crippen LogP contribution in [0, 0.1) is 5.92 Å². The summed E-state index contributed by atoms with van der Waals surface area (Å²) in [5, 5.41) is 6.68. The van der Waals surface area contributed by atoms with Gasteiger partial charge in [0.05, 0.1) is 7.11 Å². The minimum Gasteiger partial charge on any atom is -0.483 e. The lowest BCUT2D eigenvalue weighted by molar-refractivity contribution is 0.269. The first-order valence-electron chi connectivity index (χ1n) is 7.79. The van der Waals surface area contributed by atoms with Gasteiger partial charge in [0.15, 0.2) is 5.88 Å². The number of nitrogens with one attached hydrogen (secondary N) is 2. The third-order valence-corrected chi connectivity index (χ3v) is 3.38. The Morgan fingerprint density at radius 3 is 2.40 bits per heavy atom. The Balaban J connectivity index is 0.00000172. The van der Waals surface area contributed by atoms with Gasteiger partial charge in [0.1, 0.15) is 0 Å². The fourth-order valence-electron chi connectivity index (χ4n) is 2.42. The molecule has 0 unspecified atom stereocenters. The Bertz CT molecular complexity index is 315. The van der Waals surface area contributed by atoms with Gasteiger partial charge in [-0.05, 0) is 50.4 Å². The number of piperidine rings is 1. The van der Waals surface area contributed by atoms with E-state index in [-0.39, 0.29) is 0 Å². The molecule has 0 saturated carbocycles. The summed E-state index contributed by atoms with van der Waals surface area (Å²) in [6.45, 7) is 16.2. The van der Waals surface area contributed by atoms with Crippen molar-refractivity contribution in [3.63, 3.8) is 0 Å². The van der Waals surface area contributed by atoms with Crippen molar-refractivity contribution in [1.29, 1.82) is 0 Å². The summed E-state index contributed by atoms with van der Waals surface area (Å²) in [7, 11) is 1.64. The van der Waals surface area contributed by atoms with Crippen molar-refractivity contribution < 1.29 is 4.74 Å². The number of allylic oxidation sites excluding steroid dienone is 3. The van der Waals surface area contributed by atoms with Crippen molar-refractivity contribution in [2.75, 3.05) is 20.2 Å². The second-order valence-electron chi connectivity index (χ2n) is 4.66. The molecule has 3 heteroatoms. The zero-order chi connectivity index (χ0) is 15.4. The zero-order valence-electron chi connectivity index (χ0n) is 13.7. The molecule has 116 valence electrons. The molecule has 2 N–H and O–H groups in total. The summed E-state index contributed by atoms with van der Waals surface area (Å²) < 4.78 is 5.12. The van der Waals surface area contributed by atoms with E-state index in [4.69, 9.17) is 4.74 Å². The van der Waals surface area contributed by atoms with Crippen LogP contribution in [0.1, 0.15) is 46.5 Å². The van der Waals surface area contributed by atoms with Crippen LogP contribution in [0.2, 0.25) is 0 Å². The highest BCUT2D eigenvalue weighted by molar-refractivity contribution is 5.28. The van der Waals surface area contributed by atoms with Gasteiger partial charge in [0.2, 0.25) is 0 Å². The average Bonchev–Trinajstić information content (AvgIpc) is 2.51. The first kappa shape index (κ1) is 18.8. The van der Waals surface area contributed by atoms with Gasteiger partial charge in [0, 0.05) is 5.70 Å². The van der Waals surface area contributed by atoms with Crippen LogP contribution in [0.3, 0.4) is 0 Å². The van der Waals surface area contributed by atoms with Gasteiger partial charge in [0.25, 0.3) is 0 Å². The molecule has 20 heavy (non-hydrogen) atoms. The highest BCUT2D eigenvalue weighted by Gasteiger charge is 2.19. The van der Waals surface area contributed by atoms with Crippen LogP contribution in [0.5, 0.6) is 0 Å². The van der Waals surface area contributed by atoms with Crippen LogP contribution in [0.4, 0.5) is 0 Å². The first-order valence-corrected chi connectivity index (χ1v) is 7.79. The van der Waals surface area contributed by atoms with E-state index in [0.29, 0.717) is 11.8 Å². The zero-order valence-corrected chi connectivity index (χ0v) is 13.7. The molecule has 0 amide bonds. The smallest absolute Gasteiger partial charge is 0.183 e. The summed E-state index contributed by atoms with van der Waals surface area (Å²) in [5.74, 6) is 1.20. The third-order valence-electron chi connectivity index (χ3n) is 3.38. The molecule has 0 atom stereocenters. The van der Waals surface area contributed by atoms with E-state index >= 15 is 0 Å². The van der Waals surface area contributed by atoms with Crippen LogP contribution >= 0.6 is 0 Å². The molecule has 0 aromatic carbocycles. The second-order valence-corrected chi connectivity index (χ2v) is 4.66. The Labute approximate surface area is 125 Å². The lowest BCUT2D eigenvalue weighted by Gasteiger charge is -2.26. The topological polar surface area (TPSA) is 33.3 Å². The fourth-order valence-corrected chi connectivity index (χ4v) is 2.42. The molecule has 0 spiro atoms. The van der Waals surface area contributed by atoms with Crippen LogP contribution in [0.15, 0.2) is 36.4 Å². The van der Waals surface area contributed by atoms with Gasteiger partial charge in [-0.1, -0.05) is 39.8 Å². The first-order chi connectivity index (χ1) is 9.72. The molecule has 0 aliphatic carbocycles. The van der Waals surface area contributed by atoms with E-state index in [1.807, 2.05) is 19.9 Å². The highest BCUT2D eigenvalue weighted by atomic mass is 16.5. The Kier molecular flexibility index (Phi) is 10.9. The predicted molar refractivity (Wildman–Crippen MR) is 88.4 cm³/mol. The number of ether oxygens (including phenoxy) is 1. The lowest BCUT2D eigenvalue weighted by Crippen LogP contribution is -2.30. The van der Waals surface area contributed by atoms with Crippen LogP contribution in [-0.4, -0.2) is 20.2 Å². The van der Waals surface area contributed by atoms with E-state index in [9.17, 15) is 0 Å². The van der Waals surface area contributed by atoms with Gasteiger partial charge in [-0.15, -0.1) is 0 Å². The minimum atomic E-state index is 0.599. The van der Waals surface area contributed by atoms with Crippen molar-refractivity contribution in [3.05, 3.63) is 36.4 Å². The lowest BCUT2D eigenvalue weighted by atomic mass is 9.87. The van der Waals surface area contributed by atoms with E-state index in [1.165, 1.54) is 24.1 Å². The quantitative estimate of drug-likeness (QED) is 0.547. The molecule has 0 aromatic rings. The number of methoxy groups -OCH3 is 1. The van der Waals surface area contributed by atoms with Crippen LogP contribution in [0.25, 0.3) is 0 Å². The molecular weight excluding hydrogens is 248 g/mol. The summed E-state index contributed by atoms with van der Waals surface area (Å²) in [6.07, 6.45) is 6.46. The molecule has 1 rings (SSSR count). The number of hydrogen-bond acceptors (Lipinski definition) is 3. The SMILES string of the molecule is C=C/C(=C(\CCC)NC(=C)OC)C1CCNCC1.CC. The van der Waals surface area contributed by atoms with E-state index in [2.05, 4.69) is 30.7 Å². The standard InChI is InChI=1S/C15H26N2O.C2H6/c1-5-7-15(17-12(3)18-4)14(6-2)13-8-10-16-11-9-13;1-2/h6,13,16-17H,2-3,5,7-11H2,1,4H3;1-2H3/b15-14-;. The third kappa shape index (κ3) is 6.29. The normalized spacial score (nSPS) is 16.4. The van der Waals surface area contributed by atoms with E-state index in [1.54, 1.807) is 7.11 Å². The molecule has 0 bridgehead atoms. The largest absolute Gasteiger partial charge is 0.483 e. The number of hydrogen-bond donors (Lipinski definition) is 2. The molecular formula is C17H32N2O. The maximum atomic E-state index is 5.12. The molecule has 1 aliphatic rings. The van der Waals surface area contributed by atoms with Gasteiger partial charge in [-0.3, -0.25) is 0 Å². The van der Waals surface area contributed by atoms with E-state index in [0.717, 1.165) is 25.9 Å². The van der Waals surface area contributed by atoms with Crippen molar-refractivity contribution in [1.82, 2.24) is 10.6 Å². The molecule has 1 saturated heterocycles. The molecule has 1 heterocycles. The van der Waals surface area contributed by atoms with Gasteiger partial charge < -0.3 is 15.4 Å². The van der Waals surface area contributed by atoms with Crippen LogP contribution in [-0.2, 0) is 4.74 Å². The molecule has 1 aliphatic heterocycles. The Morgan fingerprint density at radius 2 is 1.95 bits per heavy atom. The van der Waals surface area contributed by atoms with Crippen molar-refractivity contribution in [2.24, 2.45) is 5.92 Å². The number of rotatable bonds is 7. The molecule has 0 aromatic heterocycles. The maximum absolute atomic E-state index is 5.12. The minimum absolute atomic E-state index is 0.599. The Hall–Kier alpha value is -1.22. The molecule has 0 radical (unpaired) electrons. The van der Waals surface area contributed by atoms with Crippen LogP contribution < -0.4 is 10.6 Å². The molecule has 1 fully saturated rings. The fraction of sp³-hybridized carbons (Fsp3) is 0.647. The van der Waals surface area contributed by atoms with Gasteiger partial charge >= 0.3 is 0 Å². The predicted octanol–water partition coefficient (Wildman–Crippen LogP) is 3.96.